The number of carbonyl (C=O) groups excluding carboxylic acids is 3. The second-order valence-electron chi connectivity index (χ2n) is 10.4. The number of carbonyl (C=O) groups is 3. The summed E-state index contributed by atoms with van der Waals surface area (Å²) in [7, 11) is 0. The molecule has 6 nitrogen and oxygen atoms in total. The molecule has 4 aromatic rings. The van der Waals surface area contributed by atoms with Gasteiger partial charge in [-0.05, 0) is 40.3 Å². The van der Waals surface area contributed by atoms with E-state index in [-0.39, 0.29) is 32.0 Å². The average molecular weight is 546 g/mol. The molecule has 6 rings (SSSR count). The lowest BCUT2D eigenvalue weighted by Gasteiger charge is -2.44. The van der Waals surface area contributed by atoms with Crippen LogP contribution in [-0.4, -0.2) is 41.8 Å². The van der Waals surface area contributed by atoms with E-state index in [4.69, 9.17) is 9.47 Å². The molecule has 0 amide bonds. The highest BCUT2D eigenvalue weighted by Gasteiger charge is 2.59. The van der Waals surface area contributed by atoms with Crippen LogP contribution in [0.5, 0.6) is 0 Å². The Morgan fingerprint density at radius 2 is 1.34 bits per heavy atom. The second-order valence-corrected chi connectivity index (χ2v) is 10.4. The molecule has 0 bridgehead atoms. The number of ketones is 1. The standard InChI is InChI=1S/C35H31NO5/c1-2-40-32(38)21-28-31(37)22-36(33(28)34(39)41-23-24-13-5-3-6-14-24)35(25-15-7-4-8-16-25)29-19-11-9-17-26(29)27-18-10-12-20-30(27)35/h3-20,28,33H,2,21-23H2,1H3/t28-,33-/m0/s1. The lowest BCUT2D eigenvalue weighted by Crippen LogP contribution is -2.53. The molecule has 1 aliphatic heterocycles. The maximum Gasteiger partial charge on any atom is 0.324 e. The predicted molar refractivity (Wildman–Crippen MR) is 155 cm³/mol. The van der Waals surface area contributed by atoms with E-state index in [9.17, 15) is 14.4 Å². The third-order valence-corrected chi connectivity index (χ3v) is 8.16. The van der Waals surface area contributed by atoms with Crippen molar-refractivity contribution in [3.05, 3.63) is 131 Å². The van der Waals surface area contributed by atoms with Crippen LogP contribution in [-0.2, 0) is 36.0 Å². The van der Waals surface area contributed by atoms with E-state index in [1.54, 1.807) is 6.92 Å². The largest absolute Gasteiger partial charge is 0.466 e. The van der Waals surface area contributed by atoms with Gasteiger partial charge >= 0.3 is 11.9 Å². The van der Waals surface area contributed by atoms with Crippen molar-refractivity contribution in [2.45, 2.75) is 31.5 Å². The molecule has 206 valence electrons. The minimum absolute atomic E-state index is 0.0211. The van der Waals surface area contributed by atoms with Gasteiger partial charge < -0.3 is 9.47 Å². The maximum absolute atomic E-state index is 14.1. The fourth-order valence-corrected chi connectivity index (χ4v) is 6.51. The molecule has 2 aliphatic rings. The number of fused-ring (bicyclic) bond motifs is 3. The fraction of sp³-hybridized carbons (Fsp3) is 0.229. The van der Waals surface area contributed by atoms with E-state index in [1.807, 2.05) is 89.8 Å². The van der Waals surface area contributed by atoms with Crippen LogP contribution >= 0.6 is 0 Å². The third kappa shape index (κ3) is 4.54. The van der Waals surface area contributed by atoms with Crippen molar-refractivity contribution in [2.75, 3.05) is 13.2 Å². The number of hydrogen-bond donors (Lipinski definition) is 0. The van der Waals surface area contributed by atoms with Crippen LogP contribution in [0, 0.1) is 5.92 Å². The van der Waals surface area contributed by atoms with E-state index in [0.717, 1.165) is 33.4 Å². The number of benzene rings is 4. The van der Waals surface area contributed by atoms with E-state index < -0.39 is 29.4 Å². The zero-order valence-electron chi connectivity index (χ0n) is 22.9. The van der Waals surface area contributed by atoms with E-state index in [0.29, 0.717) is 0 Å². The normalized spacial score (nSPS) is 18.9. The number of ether oxygens (including phenoxy) is 2. The van der Waals surface area contributed by atoms with Gasteiger partial charge in [0.25, 0.3) is 0 Å². The number of likely N-dealkylation sites (tertiary alicyclic amines) is 1. The van der Waals surface area contributed by atoms with Gasteiger partial charge in [-0.15, -0.1) is 0 Å². The SMILES string of the molecule is CCOC(=O)C[C@H]1C(=O)CN(C2(c3ccccc3)c3ccccc3-c3ccccc32)[C@@H]1C(=O)OCc1ccccc1. The Kier molecular flexibility index (Phi) is 7.25. The second kappa shape index (κ2) is 11.1. The van der Waals surface area contributed by atoms with E-state index >= 15 is 0 Å². The number of rotatable bonds is 8. The van der Waals surface area contributed by atoms with Gasteiger partial charge in [0.1, 0.15) is 12.6 Å². The van der Waals surface area contributed by atoms with Crippen molar-refractivity contribution in [3.63, 3.8) is 0 Å². The van der Waals surface area contributed by atoms with Gasteiger partial charge in [0.15, 0.2) is 5.78 Å². The Balaban J connectivity index is 1.53. The molecule has 41 heavy (non-hydrogen) atoms. The zero-order chi connectivity index (χ0) is 28.4. The van der Waals surface area contributed by atoms with Crippen molar-refractivity contribution in [1.29, 1.82) is 0 Å². The summed E-state index contributed by atoms with van der Waals surface area (Å²) in [6, 6.07) is 34.7. The molecule has 1 saturated heterocycles. The van der Waals surface area contributed by atoms with Gasteiger partial charge in [0, 0.05) is 0 Å². The first-order valence-corrected chi connectivity index (χ1v) is 14.0. The van der Waals surface area contributed by atoms with Crippen LogP contribution in [0.3, 0.4) is 0 Å². The van der Waals surface area contributed by atoms with Gasteiger partial charge in [-0.2, -0.15) is 0 Å². The first-order chi connectivity index (χ1) is 20.1. The summed E-state index contributed by atoms with van der Waals surface area (Å²) in [6.45, 7) is 1.97. The molecule has 0 unspecified atom stereocenters. The van der Waals surface area contributed by atoms with Crippen LogP contribution in [0.1, 0.15) is 35.6 Å². The number of nitrogens with zero attached hydrogens (tertiary/aromatic N) is 1. The van der Waals surface area contributed by atoms with Gasteiger partial charge in [-0.3, -0.25) is 19.3 Å². The molecular formula is C35H31NO5. The minimum Gasteiger partial charge on any atom is -0.466 e. The molecule has 0 N–H and O–H groups in total. The number of esters is 2. The van der Waals surface area contributed by atoms with Crippen molar-refractivity contribution < 1.29 is 23.9 Å². The Morgan fingerprint density at radius 1 is 0.780 bits per heavy atom. The summed E-state index contributed by atoms with van der Waals surface area (Å²) in [6.07, 6.45) is -0.192. The fourth-order valence-electron chi connectivity index (χ4n) is 6.51. The summed E-state index contributed by atoms with van der Waals surface area (Å²) >= 11 is 0. The Hall–Kier alpha value is -4.55. The van der Waals surface area contributed by atoms with Crippen molar-refractivity contribution in [2.24, 2.45) is 5.92 Å². The monoisotopic (exact) mass is 545 g/mol. The topological polar surface area (TPSA) is 72.9 Å². The third-order valence-electron chi connectivity index (χ3n) is 8.16. The molecule has 0 radical (unpaired) electrons. The maximum atomic E-state index is 14.1. The van der Waals surface area contributed by atoms with Crippen LogP contribution in [0.15, 0.2) is 109 Å². The Morgan fingerprint density at radius 3 is 1.95 bits per heavy atom. The summed E-state index contributed by atoms with van der Waals surface area (Å²) in [5.74, 6) is -2.13. The highest BCUT2D eigenvalue weighted by Crippen LogP contribution is 2.56. The van der Waals surface area contributed by atoms with E-state index in [1.165, 1.54) is 0 Å². The molecule has 0 saturated carbocycles. The Bertz CT molecular complexity index is 1540. The first-order valence-electron chi connectivity index (χ1n) is 14.0. The summed E-state index contributed by atoms with van der Waals surface area (Å²) in [5, 5.41) is 0. The minimum atomic E-state index is -1.00. The van der Waals surface area contributed by atoms with E-state index in [2.05, 4.69) is 24.3 Å². The van der Waals surface area contributed by atoms with Gasteiger partial charge in [-0.25, -0.2) is 0 Å². The van der Waals surface area contributed by atoms with Crippen LogP contribution < -0.4 is 0 Å². The molecule has 1 heterocycles. The molecule has 0 spiro atoms. The lowest BCUT2D eigenvalue weighted by atomic mass is 9.78. The van der Waals surface area contributed by atoms with Crippen LogP contribution in [0.25, 0.3) is 11.1 Å². The molecule has 2 atom stereocenters. The molecule has 1 fully saturated rings. The van der Waals surface area contributed by atoms with Crippen LogP contribution in [0.4, 0.5) is 0 Å². The van der Waals surface area contributed by atoms with Gasteiger partial charge in [0.2, 0.25) is 0 Å². The zero-order valence-corrected chi connectivity index (χ0v) is 22.9. The molecule has 6 heteroatoms. The van der Waals surface area contributed by atoms with Crippen LogP contribution in [0.2, 0.25) is 0 Å². The van der Waals surface area contributed by atoms with Gasteiger partial charge in [-0.1, -0.05) is 109 Å². The van der Waals surface area contributed by atoms with Crippen molar-refractivity contribution in [3.8, 4) is 11.1 Å². The predicted octanol–water partition coefficient (Wildman–Crippen LogP) is 5.53. The smallest absolute Gasteiger partial charge is 0.324 e. The number of Topliss-reactive ketones (excluding diaryl/α,β-unsaturated/α-hetero) is 1. The van der Waals surface area contributed by atoms with Crippen molar-refractivity contribution in [1.82, 2.24) is 4.90 Å². The molecule has 0 aromatic heterocycles. The van der Waals surface area contributed by atoms with Crippen molar-refractivity contribution >= 4 is 17.7 Å². The first kappa shape index (κ1) is 26.7. The number of hydrogen-bond acceptors (Lipinski definition) is 6. The molecule has 4 aromatic carbocycles. The quantitative estimate of drug-likeness (QED) is 0.271. The highest BCUT2D eigenvalue weighted by atomic mass is 16.5. The Labute approximate surface area is 239 Å². The summed E-state index contributed by atoms with van der Waals surface area (Å²) < 4.78 is 11.1. The highest BCUT2D eigenvalue weighted by molar-refractivity contribution is 5.97. The summed E-state index contributed by atoms with van der Waals surface area (Å²) in [4.78, 5) is 42.6. The molecular weight excluding hydrogens is 514 g/mol. The summed E-state index contributed by atoms with van der Waals surface area (Å²) in [5.41, 5.74) is 4.88. The van der Waals surface area contributed by atoms with Gasteiger partial charge in [0.05, 0.1) is 31.0 Å². The average Bonchev–Trinajstić information content (AvgIpc) is 3.49. The lowest BCUT2D eigenvalue weighted by molar-refractivity contribution is -0.155. The molecule has 1 aliphatic carbocycles.